The lowest BCUT2D eigenvalue weighted by molar-refractivity contribution is 1.14. The zero-order valence-electron chi connectivity index (χ0n) is 13.2. The predicted molar refractivity (Wildman–Crippen MR) is 99.3 cm³/mol. The first-order valence-corrected chi connectivity index (χ1v) is 8.74. The van der Waals surface area contributed by atoms with Crippen LogP contribution >= 0.6 is 22.9 Å². The summed E-state index contributed by atoms with van der Waals surface area (Å²) in [4.78, 5) is 23.0. The highest BCUT2D eigenvalue weighted by molar-refractivity contribution is 7.18. The van der Waals surface area contributed by atoms with Gasteiger partial charge in [-0.3, -0.25) is 4.98 Å². The fourth-order valence-electron chi connectivity index (χ4n) is 2.39. The number of nitrogens with zero attached hydrogens (tertiary/aromatic N) is 5. The Hall–Kier alpha value is -2.70. The van der Waals surface area contributed by atoms with Gasteiger partial charge in [0.15, 0.2) is 5.82 Å². The smallest absolute Gasteiger partial charge is 0.178 e. The van der Waals surface area contributed by atoms with Crippen molar-refractivity contribution in [1.29, 1.82) is 0 Å². The third kappa shape index (κ3) is 3.26. The molecule has 0 unspecified atom stereocenters. The molecule has 4 aromatic heterocycles. The molecule has 0 aromatic carbocycles. The molecule has 0 saturated carbocycles. The highest BCUT2D eigenvalue weighted by atomic mass is 35.5. The van der Waals surface area contributed by atoms with E-state index in [0.29, 0.717) is 16.7 Å². The molecular weight excluding hydrogens is 354 g/mol. The average Bonchev–Trinajstić information content (AvgIpc) is 3.04. The van der Waals surface area contributed by atoms with Crippen LogP contribution in [-0.2, 0) is 0 Å². The summed E-state index contributed by atoms with van der Waals surface area (Å²) < 4.78 is 0. The molecule has 4 aromatic rings. The van der Waals surface area contributed by atoms with Crippen molar-refractivity contribution in [1.82, 2.24) is 24.9 Å². The van der Waals surface area contributed by atoms with E-state index in [-0.39, 0.29) is 0 Å². The van der Waals surface area contributed by atoms with Gasteiger partial charge in [-0.05, 0) is 37.3 Å². The Labute approximate surface area is 153 Å². The van der Waals surface area contributed by atoms with Crippen molar-refractivity contribution < 1.29 is 0 Å². The van der Waals surface area contributed by atoms with Gasteiger partial charge in [0, 0.05) is 24.2 Å². The van der Waals surface area contributed by atoms with E-state index >= 15 is 0 Å². The third-order valence-corrected chi connectivity index (χ3v) is 4.98. The van der Waals surface area contributed by atoms with Crippen molar-refractivity contribution >= 4 is 22.9 Å². The number of aryl methyl sites for hydroxylation is 1. The Morgan fingerprint density at radius 2 is 1.84 bits per heavy atom. The summed E-state index contributed by atoms with van der Waals surface area (Å²) in [7, 11) is 0. The minimum Gasteiger partial charge on any atom is -0.264 e. The fourth-order valence-corrected chi connectivity index (χ4v) is 3.58. The van der Waals surface area contributed by atoms with Crippen LogP contribution in [0.5, 0.6) is 0 Å². The van der Waals surface area contributed by atoms with Crippen LogP contribution in [0.4, 0.5) is 0 Å². The van der Waals surface area contributed by atoms with E-state index in [1.165, 1.54) is 0 Å². The maximum atomic E-state index is 5.97. The Morgan fingerprint density at radius 1 is 0.920 bits per heavy atom. The molecule has 4 heterocycles. The van der Waals surface area contributed by atoms with E-state index in [0.717, 1.165) is 26.8 Å². The molecule has 0 atom stereocenters. The number of hydrogen-bond acceptors (Lipinski definition) is 6. The van der Waals surface area contributed by atoms with Crippen LogP contribution in [0.3, 0.4) is 0 Å². The van der Waals surface area contributed by atoms with E-state index < -0.39 is 0 Å². The second-order valence-corrected chi connectivity index (χ2v) is 6.67. The average molecular weight is 366 g/mol. The number of thiazole rings is 1. The predicted octanol–water partition coefficient (Wildman–Crippen LogP) is 4.69. The van der Waals surface area contributed by atoms with Crippen LogP contribution in [0, 0.1) is 6.92 Å². The van der Waals surface area contributed by atoms with Crippen molar-refractivity contribution in [3.05, 3.63) is 65.8 Å². The Bertz CT molecular complexity index is 1030. The molecule has 0 aliphatic carbocycles. The summed E-state index contributed by atoms with van der Waals surface area (Å²) in [6, 6.07) is 11.2. The van der Waals surface area contributed by atoms with E-state index in [4.69, 9.17) is 11.6 Å². The quantitative estimate of drug-likeness (QED) is 0.493. The van der Waals surface area contributed by atoms with Crippen molar-refractivity contribution in [3.8, 4) is 32.7 Å². The standard InChI is InChI=1S/C18H12ClN5S/c1-11-16(25-18(22-11)12-4-3-8-20-10-12)13-7-9-21-17(24-13)14-5-2-6-15(19)23-14/h2-10H,1H3. The molecule has 5 nitrogen and oxygen atoms in total. The number of halogens is 1. The van der Waals surface area contributed by atoms with Crippen LogP contribution in [0.2, 0.25) is 5.15 Å². The molecule has 0 amide bonds. The molecule has 25 heavy (non-hydrogen) atoms. The molecule has 4 rings (SSSR count). The van der Waals surface area contributed by atoms with Crippen molar-refractivity contribution in [2.24, 2.45) is 0 Å². The van der Waals surface area contributed by atoms with Gasteiger partial charge >= 0.3 is 0 Å². The van der Waals surface area contributed by atoms with Gasteiger partial charge < -0.3 is 0 Å². The molecule has 0 bridgehead atoms. The maximum absolute atomic E-state index is 5.97. The highest BCUT2D eigenvalue weighted by Gasteiger charge is 2.14. The molecule has 122 valence electrons. The molecule has 0 fully saturated rings. The van der Waals surface area contributed by atoms with Crippen molar-refractivity contribution in [2.45, 2.75) is 6.92 Å². The largest absolute Gasteiger partial charge is 0.264 e. The monoisotopic (exact) mass is 365 g/mol. The summed E-state index contributed by atoms with van der Waals surface area (Å²) >= 11 is 7.55. The van der Waals surface area contributed by atoms with Gasteiger partial charge in [0.1, 0.15) is 15.9 Å². The summed E-state index contributed by atoms with van der Waals surface area (Å²) in [6.45, 7) is 1.98. The fraction of sp³-hybridized carbons (Fsp3) is 0.0556. The van der Waals surface area contributed by atoms with E-state index in [1.807, 2.05) is 43.5 Å². The number of pyridine rings is 2. The van der Waals surface area contributed by atoms with Crippen LogP contribution in [0.1, 0.15) is 5.69 Å². The number of hydrogen-bond donors (Lipinski definition) is 0. The molecule has 0 spiro atoms. The normalized spacial score (nSPS) is 10.8. The molecule has 0 radical (unpaired) electrons. The topological polar surface area (TPSA) is 64.5 Å². The van der Waals surface area contributed by atoms with Crippen molar-refractivity contribution in [2.75, 3.05) is 0 Å². The van der Waals surface area contributed by atoms with Gasteiger partial charge in [-0.25, -0.2) is 19.9 Å². The zero-order valence-corrected chi connectivity index (χ0v) is 14.8. The molecule has 0 saturated heterocycles. The zero-order chi connectivity index (χ0) is 17.2. The second-order valence-electron chi connectivity index (χ2n) is 5.29. The second kappa shape index (κ2) is 6.66. The lowest BCUT2D eigenvalue weighted by atomic mass is 10.2. The summed E-state index contributed by atoms with van der Waals surface area (Å²) in [5, 5.41) is 1.33. The molecule has 0 aliphatic heterocycles. The van der Waals surface area contributed by atoms with E-state index in [2.05, 4.69) is 24.9 Å². The Balaban J connectivity index is 1.76. The van der Waals surface area contributed by atoms with Gasteiger partial charge in [-0.2, -0.15) is 0 Å². The van der Waals surface area contributed by atoms with Crippen LogP contribution < -0.4 is 0 Å². The minimum absolute atomic E-state index is 0.416. The maximum Gasteiger partial charge on any atom is 0.178 e. The van der Waals surface area contributed by atoms with E-state index in [9.17, 15) is 0 Å². The molecule has 0 N–H and O–H groups in total. The van der Waals surface area contributed by atoms with Crippen LogP contribution in [-0.4, -0.2) is 24.9 Å². The summed E-state index contributed by atoms with van der Waals surface area (Å²) in [5.74, 6) is 0.538. The van der Waals surface area contributed by atoms with Gasteiger partial charge in [0.2, 0.25) is 0 Å². The minimum atomic E-state index is 0.416. The SMILES string of the molecule is Cc1nc(-c2cccnc2)sc1-c1ccnc(-c2cccc(Cl)n2)n1. The third-order valence-electron chi connectivity index (χ3n) is 3.54. The van der Waals surface area contributed by atoms with Gasteiger partial charge in [-0.1, -0.05) is 17.7 Å². The van der Waals surface area contributed by atoms with Gasteiger partial charge in [-0.15, -0.1) is 11.3 Å². The molecular formula is C18H12ClN5S. The van der Waals surface area contributed by atoms with Crippen LogP contribution in [0.15, 0.2) is 55.0 Å². The van der Waals surface area contributed by atoms with Crippen molar-refractivity contribution in [3.63, 3.8) is 0 Å². The molecule has 7 heteroatoms. The summed E-state index contributed by atoms with van der Waals surface area (Å²) in [5.41, 5.74) is 3.38. The van der Waals surface area contributed by atoms with Gasteiger partial charge in [0.05, 0.1) is 16.3 Å². The highest BCUT2D eigenvalue weighted by Crippen LogP contribution is 2.34. The molecule has 0 aliphatic rings. The Kier molecular flexibility index (Phi) is 4.21. The van der Waals surface area contributed by atoms with E-state index in [1.54, 1.807) is 29.8 Å². The first-order valence-electron chi connectivity index (χ1n) is 7.55. The summed E-state index contributed by atoms with van der Waals surface area (Å²) in [6.07, 6.45) is 5.28. The lowest BCUT2D eigenvalue weighted by Crippen LogP contribution is -1.93. The lowest BCUT2D eigenvalue weighted by Gasteiger charge is -2.02. The first kappa shape index (κ1) is 15.8. The van der Waals surface area contributed by atoms with Crippen LogP contribution in [0.25, 0.3) is 32.7 Å². The Morgan fingerprint density at radius 3 is 2.64 bits per heavy atom. The number of rotatable bonds is 3. The van der Waals surface area contributed by atoms with Gasteiger partial charge in [0.25, 0.3) is 0 Å². The number of aromatic nitrogens is 5. The first-order chi connectivity index (χ1) is 12.2.